The lowest BCUT2D eigenvalue weighted by atomic mass is 10.1. The highest BCUT2D eigenvalue weighted by molar-refractivity contribution is 8.15. The number of nitrogens with zero attached hydrogens (tertiary/aromatic N) is 4. The number of benzene rings is 1. The molecule has 0 aliphatic heterocycles. The third kappa shape index (κ3) is 9.21. The molecule has 2 atom stereocenters. The van der Waals surface area contributed by atoms with Crippen molar-refractivity contribution in [2.45, 2.75) is 26.1 Å². The third-order valence-electron chi connectivity index (χ3n) is 3.60. The molecule has 1 aromatic rings. The van der Waals surface area contributed by atoms with Crippen molar-refractivity contribution in [2.24, 2.45) is 0 Å². The molecule has 0 radical (unpaired) electrons. The SMILES string of the molecule is [C-]#[N+]C(C#N)=c1cc(OC(C)COS(=O)(=O)O)c(=C(C#N)[N+]#[C-])cc1OC(C)COS(O)(O)O. The summed E-state index contributed by atoms with van der Waals surface area (Å²) in [5.74, 6) is -0.384. The molecule has 0 amide bonds. The molecule has 14 nitrogen and oxygen atoms in total. The van der Waals surface area contributed by atoms with E-state index in [0.29, 0.717) is 0 Å². The van der Waals surface area contributed by atoms with Gasteiger partial charge >= 0.3 is 10.4 Å². The van der Waals surface area contributed by atoms with Gasteiger partial charge in [-0.25, -0.2) is 24.4 Å². The molecule has 0 aliphatic carbocycles. The van der Waals surface area contributed by atoms with Crippen molar-refractivity contribution in [3.63, 3.8) is 0 Å². The topological polar surface area (TPSA) is 208 Å². The van der Waals surface area contributed by atoms with Gasteiger partial charge in [0.2, 0.25) is 11.2 Å². The van der Waals surface area contributed by atoms with Gasteiger partial charge in [0.15, 0.2) is 0 Å². The fraction of sp³-hybridized carbons (Fsp3) is 0.333. The Morgan fingerprint density at radius 2 is 1.29 bits per heavy atom. The number of hydrogen-bond donors (Lipinski definition) is 4. The van der Waals surface area contributed by atoms with E-state index in [4.69, 9.17) is 40.8 Å². The quantitative estimate of drug-likeness (QED) is 0.257. The first kappa shape index (κ1) is 28.6. The molecule has 0 aliphatic rings. The van der Waals surface area contributed by atoms with Crippen molar-refractivity contribution in [3.8, 4) is 23.6 Å². The lowest BCUT2D eigenvalue weighted by Crippen LogP contribution is -2.28. The van der Waals surface area contributed by atoms with Crippen LogP contribution in [-0.2, 0) is 18.8 Å². The van der Waals surface area contributed by atoms with Gasteiger partial charge in [-0.2, -0.15) is 8.42 Å². The van der Waals surface area contributed by atoms with E-state index >= 15 is 0 Å². The van der Waals surface area contributed by atoms with Crippen molar-refractivity contribution in [3.05, 3.63) is 45.4 Å². The molecule has 0 fully saturated rings. The molecule has 4 N–H and O–H groups in total. The number of nitriles is 2. The molecule has 0 spiro atoms. The Labute approximate surface area is 196 Å². The lowest BCUT2D eigenvalue weighted by molar-refractivity contribution is 0.115. The second-order valence-electron chi connectivity index (χ2n) is 6.31. The maximum absolute atomic E-state index is 10.8. The highest BCUT2D eigenvalue weighted by Gasteiger charge is 2.19. The van der Waals surface area contributed by atoms with E-state index in [-0.39, 0.29) is 21.9 Å². The van der Waals surface area contributed by atoms with Gasteiger partial charge in [-0.1, -0.05) is 0 Å². The van der Waals surface area contributed by atoms with Crippen LogP contribution in [0.4, 0.5) is 0 Å². The zero-order valence-electron chi connectivity index (χ0n) is 17.6. The van der Waals surface area contributed by atoms with Crippen LogP contribution in [0.25, 0.3) is 21.1 Å². The Bertz CT molecular complexity index is 1280. The summed E-state index contributed by atoms with van der Waals surface area (Å²) in [5.41, 5.74) is -0.960. The van der Waals surface area contributed by atoms with Crippen LogP contribution in [0.1, 0.15) is 13.8 Å². The summed E-state index contributed by atoms with van der Waals surface area (Å²) in [4.78, 5) is 6.17. The summed E-state index contributed by atoms with van der Waals surface area (Å²) >= 11 is -4.28. The van der Waals surface area contributed by atoms with Crippen molar-refractivity contribution in [2.75, 3.05) is 13.2 Å². The molecule has 0 saturated carbocycles. The minimum atomic E-state index is -4.77. The molecule has 0 bridgehead atoms. The van der Waals surface area contributed by atoms with E-state index in [1.165, 1.54) is 13.8 Å². The van der Waals surface area contributed by atoms with Crippen LogP contribution < -0.4 is 19.9 Å². The van der Waals surface area contributed by atoms with Crippen molar-refractivity contribution in [1.29, 1.82) is 10.5 Å². The first-order valence-electron chi connectivity index (χ1n) is 8.82. The van der Waals surface area contributed by atoms with Crippen molar-refractivity contribution >= 4 is 32.9 Å². The predicted octanol–water partition coefficient (Wildman–Crippen LogP) is 1.30. The Kier molecular flexibility index (Phi) is 10.2. The molecule has 16 heteroatoms. The first-order valence-corrected chi connectivity index (χ1v) is 11.6. The van der Waals surface area contributed by atoms with E-state index in [9.17, 15) is 18.9 Å². The van der Waals surface area contributed by atoms with E-state index in [1.54, 1.807) is 12.1 Å². The molecular weight excluding hydrogens is 496 g/mol. The van der Waals surface area contributed by atoms with Gasteiger partial charge in [0.05, 0.1) is 25.3 Å². The summed E-state index contributed by atoms with van der Waals surface area (Å²) in [5, 5.41) is 18.4. The monoisotopic (exact) mass is 514 g/mol. The standard InChI is InChI=1S/C18H18N4O10S2/c1-11(9-29-33(23,24)25)31-17-5-14(16(8-20)22-4)18(6-13(17)15(7-19)21-3)32-12(2)10-30-34(26,27)28/h5-6,11-12,23-25H,9-10H2,1-2H3,(H,26,27,28). The first-order chi connectivity index (χ1) is 15.7. The van der Waals surface area contributed by atoms with Crippen LogP contribution in [0.5, 0.6) is 11.5 Å². The summed E-state index contributed by atoms with van der Waals surface area (Å²) < 4.78 is 76.8. The largest absolute Gasteiger partial charge is 0.489 e. The van der Waals surface area contributed by atoms with Crippen molar-refractivity contribution < 1.29 is 44.5 Å². The van der Waals surface area contributed by atoms with Gasteiger partial charge in [0.25, 0.3) is 11.4 Å². The summed E-state index contributed by atoms with van der Waals surface area (Å²) in [6, 6.07) is 5.53. The fourth-order valence-electron chi connectivity index (χ4n) is 2.29. The minimum Gasteiger partial charge on any atom is -0.489 e. The van der Waals surface area contributed by atoms with Gasteiger partial charge in [0.1, 0.15) is 36.9 Å². The van der Waals surface area contributed by atoms with Gasteiger partial charge in [-0.05, 0) is 26.0 Å². The molecule has 34 heavy (non-hydrogen) atoms. The molecule has 0 saturated heterocycles. The van der Waals surface area contributed by atoms with E-state index in [1.807, 2.05) is 0 Å². The normalized spacial score (nSPS) is 15.4. The maximum Gasteiger partial charge on any atom is 0.397 e. The lowest BCUT2D eigenvalue weighted by Gasteiger charge is -2.22. The van der Waals surface area contributed by atoms with Gasteiger partial charge in [0, 0.05) is 10.4 Å². The Morgan fingerprint density at radius 1 is 0.912 bits per heavy atom. The molecular formula is C18H18N4O10S2. The Balaban J connectivity index is 3.68. The van der Waals surface area contributed by atoms with Gasteiger partial charge in [-0.15, -0.1) is 0 Å². The van der Waals surface area contributed by atoms with Crippen LogP contribution in [0.15, 0.2) is 12.1 Å². The molecule has 1 aromatic carbocycles. The summed E-state index contributed by atoms with van der Waals surface area (Å²) in [7, 11) is -4.77. The number of hydrogen-bond acceptors (Lipinski definition) is 11. The average molecular weight is 514 g/mol. The Hall–Kier alpha value is -3.42. The van der Waals surface area contributed by atoms with Crippen LogP contribution in [0.2, 0.25) is 0 Å². The summed E-state index contributed by atoms with van der Waals surface area (Å²) in [6.07, 6.45) is -2.03. The van der Waals surface area contributed by atoms with Gasteiger partial charge in [-0.3, -0.25) is 22.4 Å². The van der Waals surface area contributed by atoms with Gasteiger partial charge < -0.3 is 9.47 Å². The van der Waals surface area contributed by atoms with E-state index < -0.39 is 58.4 Å². The Morgan fingerprint density at radius 3 is 1.59 bits per heavy atom. The van der Waals surface area contributed by atoms with Crippen LogP contribution >= 0.6 is 11.2 Å². The molecule has 0 heterocycles. The average Bonchev–Trinajstić information content (AvgIpc) is 2.74. The van der Waals surface area contributed by atoms with Crippen molar-refractivity contribution in [1.82, 2.24) is 0 Å². The van der Waals surface area contributed by atoms with E-state index in [0.717, 1.165) is 12.1 Å². The van der Waals surface area contributed by atoms with Crippen LogP contribution in [-0.4, -0.2) is 52.1 Å². The van der Waals surface area contributed by atoms with Crippen LogP contribution in [0, 0.1) is 35.8 Å². The second-order valence-corrected chi connectivity index (χ2v) is 8.58. The third-order valence-corrected chi connectivity index (χ3v) is 4.48. The maximum atomic E-state index is 10.8. The van der Waals surface area contributed by atoms with Crippen LogP contribution in [0.3, 0.4) is 0 Å². The minimum absolute atomic E-state index is 0.135. The molecule has 182 valence electrons. The zero-order chi connectivity index (χ0) is 26.1. The highest BCUT2D eigenvalue weighted by atomic mass is 32.3. The molecule has 2 unspecified atom stereocenters. The van der Waals surface area contributed by atoms with E-state index in [2.05, 4.69) is 18.1 Å². The fourth-order valence-corrected chi connectivity index (χ4v) is 3.02. The highest BCUT2D eigenvalue weighted by Crippen LogP contribution is 2.33. The molecule has 0 aromatic heterocycles. The number of ether oxygens (including phenoxy) is 2. The summed E-state index contributed by atoms with van der Waals surface area (Å²) in [6.45, 7) is 16.0. The second kappa shape index (κ2) is 12.2. The molecule has 1 rings (SSSR count). The smallest absolute Gasteiger partial charge is 0.397 e. The predicted molar refractivity (Wildman–Crippen MR) is 116 cm³/mol. The zero-order valence-corrected chi connectivity index (χ0v) is 19.2. The number of rotatable bonds is 10.